The average molecular weight is 498 g/mol. The lowest BCUT2D eigenvalue weighted by Gasteiger charge is -2.22. The van der Waals surface area contributed by atoms with E-state index in [9.17, 15) is 4.79 Å². The predicted molar refractivity (Wildman–Crippen MR) is 132 cm³/mol. The molecule has 5 rings (SSSR count). The second kappa shape index (κ2) is 8.59. The third-order valence-corrected chi connectivity index (χ3v) is 5.85. The van der Waals surface area contributed by atoms with E-state index in [0.29, 0.717) is 33.1 Å². The first-order valence-electron chi connectivity index (χ1n) is 9.94. The van der Waals surface area contributed by atoms with Gasteiger partial charge in [-0.05, 0) is 48.2 Å². The molecular formula is C23H15Cl3N6O. The zero-order chi connectivity index (χ0) is 23.1. The fourth-order valence-electron chi connectivity index (χ4n) is 3.74. The van der Waals surface area contributed by atoms with Crippen LogP contribution in [0.5, 0.6) is 0 Å². The van der Waals surface area contributed by atoms with Crippen molar-refractivity contribution in [2.75, 3.05) is 5.32 Å². The molecular weight excluding hydrogens is 483 g/mol. The highest BCUT2D eigenvalue weighted by Crippen LogP contribution is 2.28. The maximum absolute atomic E-state index is 13.6. The predicted octanol–water partition coefficient (Wildman–Crippen LogP) is 5.86. The standard InChI is InChI=1S/C23H15Cl3N6O/c1-12(28-20-19-21(31-23(26)30-20)29-17(25)11-27-19)16-10-13-6-5-9-15(24)18(13)22(33)32(16)14-7-3-2-4-8-14/h2-12H,1H3,(H,28,29,30,31)/t12-/m0/s1. The second-order valence-electron chi connectivity index (χ2n) is 7.32. The van der Waals surface area contributed by atoms with Crippen LogP contribution in [0.2, 0.25) is 15.5 Å². The third kappa shape index (κ3) is 3.99. The van der Waals surface area contributed by atoms with Crippen molar-refractivity contribution < 1.29 is 0 Å². The number of pyridine rings is 1. The molecule has 0 fully saturated rings. The zero-order valence-corrected chi connectivity index (χ0v) is 19.4. The Bertz CT molecular complexity index is 1570. The van der Waals surface area contributed by atoms with Crippen LogP contribution in [0.3, 0.4) is 0 Å². The maximum Gasteiger partial charge on any atom is 0.264 e. The molecule has 2 aromatic carbocycles. The summed E-state index contributed by atoms with van der Waals surface area (Å²) in [5, 5.41) is 5.09. The van der Waals surface area contributed by atoms with Gasteiger partial charge < -0.3 is 5.32 Å². The normalized spacial score (nSPS) is 12.2. The molecule has 164 valence electrons. The van der Waals surface area contributed by atoms with E-state index in [4.69, 9.17) is 34.8 Å². The van der Waals surface area contributed by atoms with Crippen LogP contribution >= 0.6 is 34.8 Å². The first-order chi connectivity index (χ1) is 15.9. The van der Waals surface area contributed by atoms with E-state index in [1.165, 1.54) is 6.20 Å². The lowest BCUT2D eigenvalue weighted by molar-refractivity contribution is 0.774. The van der Waals surface area contributed by atoms with Crippen LogP contribution in [0.15, 0.2) is 65.6 Å². The Morgan fingerprint density at radius 3 is 2.55 bits per heavy atom. The number of para-hydroxylation sites is 1. The molecule has 0 spiro atoms. The van der Waals surface area contributed by atoms with E-state index in [1.54, 1.807) is 10.6 Å². The van der Waals surface area contributed by atoms with Crippen molar-refractivity contribution in [2.45, 2.75) is 13.0 Å². The Morgan fingerprint density at radius 2 is 1.76 bits per heavy atom. The van der Waals surface area contributed by atoms with Gasteiger partial charge in [0.2, 0.25) is 5.28 Å². The van der Waals surface area contributed by atoms with Gasteiger partial charge in [-0.2, -0.15) is 9.97 Å². The van der Waals surface area contributed by atoms with Crippen LogP contribution in [0, 0.1) is 0 Å². The van der Waals surface area contributed by atoms with E-state index in [1.807, 2.05) is 55.5 Å². The summed E-state index contributed by atoms with van der Waals surface area (Å²) in [5.74, 6) is 0.375. The summed E-state index contributed by atoms with van der Waals surface area (Å²) in [6, 6.07) is 16.3. The number of benzene rings is 2. The summed E-state index contributed by atoms with van der Waals surface area (Å²) in [6.45, 7) is 1.91. The van der Waals surface area contributed by atoms with E-state index in [2.05, 4.69) is 25.3 Å². The van der Waals surface area contributed by atoms with E-state index < -0.39 is 0 Å². The van der Waals surface area contributed by atoms with Crippen molar-refractivity contribution >= 4 is 62.6 Å². The van der Waals surface area contributed by atoms with Crippen LogP contribution < -0.4 is 10.9 Å². The Kier molecular flexibility index (Phi) is 5.62. The number of aromatic nitrogens is 5. The van der Waals surface area contributed by atoms with Gasteiger partial charge >= 0.3 is 0 Å². The van der Waals surface area contributed by atoms with Crippen molar-refractivity contribution in [1.82, 2.24) is 24.5 Å². The lowest BCUT2D eigenvalue weighted by atomic mass is 10.1. The molecule has 0 aliphatic heterocycles. The zero-order valence-electron chi connectivity index (χ0n) is 17.1. The number of anilines is 1. The Balaban J connectivity index is 1.70. The molecule has 1 N–H and O–H groups in total. The molecule has 5 aromatic rings. The largest absolute Gasteiger partial charge is 0.360 e. The molecule has 10 heteroatoms. The molecule has 0 unspecified atom stereocenters. The smallest absolute Gasteiger partial charge is 0.264 e. The summed E-state index contributed by atoms with van der Waals surface area (Å²) in [6.07, 6.45) is 1.41. The van der Waals surface area contributed by atoms with E-state index >= 15 is 0 Å². The van der Waals surface area contributed by atoms with E-state index in [0.717, 1.165) is 5.39 Å². The number of hydrogen-bond acceptors (Lipinski definition) is 6. The number of rotatable bonds is 4. The Hall–Kier alpha value is -3.26. The summed E-state index contributed by atoms with van der Waals surface area (Å²) in [7, 11) is 0. The molecule has 0 aliphatic carbocycles. The summed E-state index contributed by atoms with van der Waals surface area (Å²) >= 11 is 18.5. The summed E-state index contributed by atoms with van der Waals surface area (Å²) in [5.41, 5.74) is 1.87. The molecule has 0 aliphatic rings. The van der Waals surface area contributed by atoms with Gasteiger partial charge in [0, 0.05) is 11.4 Å². The first-order valence-corrected chi connectivity index (χ1v) is 11.1. The van der Waals surface area contributed by atoms with Gasteiger partial charge in [0.1, 0.15) is 5.15 Å². The number of fused-ring (bicyclic) bond motifs is 2. The van der Waals surface area contributed by atoms with Gasteiger partial charge in [0.05, 0.1) is 22.6 Å². The molecule has 7 nitrogen and oxygen atoms in total. The molecule has 0 saturated carbocycles. The highest BCUT2D eigenvalue weighted by Gasteiger charge is 2.20. The van der Waals surface area contributed by atoms with Gasteiger partial charge in [-0.25, -0.2) is 9.97 Å². The minimum absolute atomic E-state index is 0.000454. The number of halogens is 3. The van der Waals surface area contributed by atoms with Crippen molar-refractivity contribution in [3.63, 3.8) is 0 Å². The van der Waals surface area contributed by atoms with Crippen molar-refractivity contribution in [3.8, 4) is 5.69 Å². The maximum atomic E-state index is 13.6. The number of nitrogens with one attached hydrogen (secondary N) is 1. The van der Waals surface area contributed by atoms with Crippen molar-refractivity contribution in [3.05, 3.63) is 92.3 Å². The van der Waals surface area contributed by atoms with Gasteiger partial charge in [-0.3, -0.25) is 9.36 Å². The second-order valence-corrected chi connectivity index (χ2v) is 8.45. The van der Waals surface area contributed by atoms with Crippen molar-refractivity contribution in [1.29, 1.82) is 0 Å². The quantitative estimate of drug-likeness (QED) is 0.313. The van der Waals surface area contributed by atoms with Crippen LogP contribution in [0.4, 0.5) is 5.82 Å². The molecule has 0 radical (unpaired) electrons. The topological polar surface area (TPSA) is 85.6 Å². The third-order valence-electron chi connectivity index (χ3n) is 5.19. The fourth-order valence-corrected chi connectivity index (χ4v) is 4.30. The minimum Gasteiger partial charge on any atom is -0.360 e. The average Bonchev–Trinajstić information content (AvgIpc) is 2.79. The Labute approximate surface area is 203 Å². The van der Waals surface area contributed by atoms with Crippen LogP contribution in [0.25, 0.3) is 27.6 Å². The lowest BCUT2D eigenvalue weighted by Crippen LogP contribution is -2.26. The number of nitrogens with zero attached hydrogens (tertiary/aromatic N) is 5. The summed E-state index contributed by atoms with van der Waals surface area (Å²) < 4.78 is 1.64. The van der Waals surface area contributed by atoms with Crippen LogP contribution in [0.1, 0.15) is 18.7 Å². The SMILES string of the molecule is C[C@H](Nc1nc(Cl)nc2nc(Cl)cnc12)c1cc2cccc(Cl)c2c(=O)n1-c1ccccc1. The van der Waals surface area contributed by atoms with Crippen LogP contribution in [-0.4, -0.2) is 24.5 Å². The molecule has 3 aromatic heterocycles. The molecule has 1 atom stereocenters. The highest BCUT2D eigenvalue weighted by molar-refractivity contribution is 6.35. The highest BCUT2D eigenvalue weighted by atomic mass is 35.5. The van der Waals surface area contributed by atoms with Crippen molar-refractivity contribution in [2.24, 2.45) is 0 Å². The van der Waals surface area contributed by atoms with Gasteiger partial charge in [0.25, 0.3) is 5.56 Å². The van der Waals surface area contributed by atoms with Gasteiger partial charge in [0.15, 0.2) is 17.0 Å². The molecule has 0 amide bonds. The number of hydrogen-bond donors (Lipinski definition) is 1. The Morgan fingerprint density at radius 1 is 0.970 bits per heavy atom. The molecule has 0 bridgehead atoms. The van der Waals surface area contributed by atoms with Crippen LogP contribution in [-0.2, 0) is 0 Å². The molecule has 33 heavy (non-hydrogen) atoms. The van der Waals surface area contributed by atoms with Gasteiger partial charge in [-0.15, -0.1) is 0 Å². The monoisotopic (exact) mass is 496 g/mol. The first kappa shape index (κ1) is 21.6. The summed E-state index contributed by atoms with van der Waals surface area (Å²) in [4.78, 5) is 30.4. The fraction of sp³-hybridized carbons (Fsp3) is 0.0870. The minimum atomic E-state index is -0.382. The molecule has 3 heterocycles. The van der Waals surface area contributed by atoms with Gasteiger partial charge in [-0.1, -0.05) is 53.5 Å². The molecule has 0 saturated heterocycles. The van der Waals surface area contributed by atoms with E-state index in [-0.39, 0.29) is 27.7 Å².